The van der Waals surface area contributed by atoms with E-state index in [2.05, 4.69) is 25.8 Å². The van der Waals surface area contributed by atoms with Crippen LogP contribution in [0.25, 0.3) is 11.5 Å². The molecule has 7 nitrogen and oxygen atoms in total. The predicted molar refractivity (Wildman–Crippen MR) is 70.8 cm³/mol. The third kappa shape index (κ3) is 2.53. The Bertz CT molecular complexity index is 625. The van der Waals surface area contributed by atoms with Gasteiger partial charge < -0.3 is 15.2 Å². The van der Waals surface area contributed by atoms with Crippen LogP contribution in [0.3, 0.4) is 0 Å². The SMILES string of the molecule is Cc1cccnc1-c1noc(CC2NCCNC2=O)n1. The van der Waals surface area contributed by atoms with Gasteiger partial charge in [0.15, 0.2) is 0 Å². The highest BCUT2D eigenvalue weighted by molar-refractivity contribution is 5.82. The molecular weight excluding hydrogens is 258 g/mol. The fraction of sp³-hybridized carbons (Fsp3) is 0.385. The van der Waals surface area contributed by atoms with Crippen LogP contribution in [0.2, 0.25) is 0 Å². The van der Waals surface area contributed by atoms with Crippen molar-refractivity contribution < 1.29 is 9.32 Å². The van der Waals surface area contributed by atoms with Gasteiger partial charge in [-0.15, -0.1) is 0 Å². The van der Waals surface area contributed by atoms with E-state index in [0.717, 1.165) is 12.1 Å². The van der Waals surface area contributed by atoms with Gasteiger partial charge in [-0.3, -0.25) is 9.78 Å². The molecule has 2 aromatic heterocycles. The van der Waals surface area contributed by atoms with E-state index in [9.17, 15) is 4.79 Å². The van der Waals surface area contributed by atoms with E-state index in [-0.39, 0.29) is 11.9 Å². The number of nitrogens with one attached hydrogen (secondary N) is 2. The highest BCUT2D eigenvalue weighted by atomic mass is 16.5. The van der Waals surface area contributed by atoms with Crippen molar-refractivity contribution in [1.29, 1.82) is 0 Å². The summed E-state index contributed by atoms with van der Waals surface area (Å²) in [5, 5.41) is 9.85. The van der Waals surface area contributed by atoms with Crippen molar-refractivity contribution in [2.45, 2.75) is 19.4 Å². The second kappa shape index (κ2) is 5.38. The molecule has 7 heteroatoms. The highest BCUT2D eigenvalue weighted by Crippen LogP contribution is 2.17. The summed E-state index contributed by atoms with van der Waals surface area (Å²) in [6, 6.07) is 3.48. The number of hydrogen-bond donors (Lipinski definition) is 2. The van der Waals surface area contributed by atoms with Gasteiger partial charge in [0.1, 0.15) is 5.69 Å². The third-order valence-corrected chi connectivity index (χ3v) is 3.20. The van der Waals surface area contributed by atoms with Gasteiger partial charge in [-0.2, -0.15) is 4.98 Å². The van der Waals surface area contributed by atoms with Crippen LogP contribution in [0.5, 0.6) is 0 Å². The maximum absolute atomic E-state index is 11.7. The Hall–Kier alpha value is -2.28. The monoisotopic (exact) mass is 273 g/mol. The first-order chi connectivity index (χ1) is 9.74. The van der Waals surface area contributed by atoms with Gasteiger partial charge in [0, 0.05) is 19.3 Å². The summed E-state index contributed by atoms with van der Waals surface area (Å²) < 4.78 is 5.20. The summed E-state index contributed by atoms with van der Waals surface area (Å²) in [6.07, 6.45) is 2.07. The zero-order chi connectivity index (χ0) is 13.9. The summed E-state index contributed by atoms with van der Waals surface area (Å²) in [4.78, 5) is 20.2. The molecule has 0 aromatic carbocycles. The molecule has 3 heterocycles. The van der Waals surface area contributed by atoms with Crippen LogP contribution in [-0.4, -0.2) is 40.2 Å². The normalized spacial score (nSPS) is 18.9. The van der Waals surface area contributed by atoms with Crippen molar-refractivity contribution in [3.63, 3.8) is 0 Å². The van der Waals surface area contributed by atoms with E-state index < -0.39 is 0 Å². The number of piperazine rings is 1. The standard InChI is InChI=1S/C13H15N5O2/c1-8-3-2-4-15-11(8)12-17-10(20-18-12)7-9-13(19)16-6-5-14-9/h2-4,9,14H,5-7H2,1H3,(H,16,19). The van der Waals surface area contributed by atoms with Gasteiger partial charge in [0.05, 0.1) is 12.5 Å². The number of aryl methyl sites for hydroxylation is 1. The number of amides is 1. The molecule has 2 N–H and O–H groups in total. The number of aromatic nitrogens is 3. The van der Waals surface area contributed by atoms with E-state index >= 15 is 0 Å². The van der Waals surface area contributed by atoms with Crippen LogP contribution in [0.15, 0.2) is 22.9 Å². The van der Waals surface area contributed by atoms with Gasteiger partial charge in [-0.25, -0.2) is 0 Å². The molecule has 1 amide bonds. The quantitative estimate of drug-likeness (QED) is 0.822. The fourth-order valence-electron chi connectivity index (χ4n) is 2.14. The molecule has 20 heavy (non-hydrogen) atoms. The zero-order valence-corrected chi connectivity index (χ0v) is 11.1. The molecule has 0 saturated carbocycles. The van der Waals surface area contributed by atoms with Gasteiger partial charge in [0.25, 0.3) is 0 Å². The van der Waals surface area contributed by atoms with Crippen LogP contribution in [0, 0.1) is 6.92 Å². The largest absolute Gasteiger partial charge is 0.353 e. The lowest BCUT2D eigenvalue weighted by Crippen LogP contribution is -2.53. The van der Waals surface area contributed by atoms with Crippen LogP contribution in [-0.2, 0) is 11.2 Å². The highest BCUT2D eigenvalue weighted by Gasteiger charge is 2.24. The van der Waals surface area contributed by atoms with E-state index in [4.69, 9.17) is 4.52 Å². The first kappa shape index (κ1) is 12.7. The second-order valence-corrected chi connectivity index (χ2v) is 4.68. The molecule has 1 aliphatic rings. The summed E-state index contributed by atoms with van der Waals surface area (Å²) in [7, 11) is 0. The Kier molecular flexibility index (Phi) is 3.42. The van der Waals surface area contributed by atoms with Crippen molar-refractivity contribution in [3.05, 3.63) is 29.8 Å². The number of nitrogens with zero attached hydrogens (tertiary/aromatic N) is 3. The number of carbonyl (C=O) groups excluding carboxylic acids is 1. The molecule has 1 saturated heterocycles. The zero-order valence-electron chi connectivity index (χ0n) is 11.1. The molecule has 0 spiro atoms. The molecular formula is C13H15N5O2. The molecule has 0 aliphatic carbocycles. The molecule has 1 aliphatic heterocycles. The Labute approximate surface area is 115 Å². The maximum Gasteiger partial charge on any atom is 0.237 e. The first-order valence-electron chi connectivity index (χ1n) is 6.50. The molecule has 104 valence electrons. The minimum atomic E-state index is -0.318. The second-order valence-electron chi connectivity index (χ2n) is 4.68. The molecule has 1 fully saturated rings. The average molecular weight is 273 g/mol. The lowest BCUT2D eigenvalue weighted by molar-refractivity contribution is -0.124. The van der Waals surface area contributed by atoms with E-state index in [0.29, 0.717) is 30.4 Å². The third-order valence-electron chi connectivity index (χ3n) is 3.20. The van der Waals surface area contributed by atoms with E-state index in [1.807, 2.05) is 19.1 Å². The van der Waals surface area contributed by atoms with Crippen LogP contribution >= 0.6 is 0 Å². The minimum absolute atomic E-state index is 0.0370. The van der Waals surface area contributed by atoms with Crippen molar-refractivity contribution in [1.82, 2.24) is 25.8 Å². The average Bonchev–Trinajstić information content (AvgIpc) is 2.90. The number of pyridine rings is 1. The Morgan fingerprint density at radius 2 is 2.35 bits per heavy atom. The first-order valence-corrected chi connectivity index (χ1v) is 6.50. The van der Waals surface area contributed by atoms with E-state index in [1.165, 1.54) is 0 Å². The summed E-state index contributed by atoms with van der Waals surface area (Å²) in [5.74, 6) is 0.846. The van der Waals surface area contributed by atoms with Gasteiger partial charge in [-0.1, -0.05) is 11.2 Å². The van der Waals surface area contributed by atoms with Crippen LogP contribution in [0.1, 0.15) is 11.5 Å². The molecule has 0 radical (unpaired) electrons. The predicted octanol–water partition coefficient (Wildman–Crippen LogP) is 0.0705. The fourth-order valence-corrected chi connectivity index (χ4v) is 2.14. The topological polar surface area (TPSA) is 92.9 Å². The summed E-state index contributed by atoms with van der Waals surface area (Å²) >= 11 is 0. The Morgan fingerprint density at radius 1 is 1.45 bits per heavy atom. The smallest absolute Gasteiger partial charge is 0.237 e. The lowest BCUT2D eigenvalue weighted by atomic mass is 10.1. The van der Waals surface area contributed by atoms with Gasteiger partial charge >= 0.3 is 0 Å². The molecule has 1 atom stereocenters. The van der Waals surface area contributed by atoms with Crippen molar-refractivity contribution in [2.75, 3.05) is 13.1 Å². The van der Waals surface area contributed by atoms with Gasteiger partial charge in [-0.05, 0) is 18.6 Å². The lowest BCUT2D eigenvalue weighted by Gasteiger charge is -2.21. The molecule has 1 unspecified atom stereocenters. The van der Waals surface area contributed by atoms with Gasteiger partial charge in [0.2, 0.25) is 17.6 Å². The van der Waals surface area contributed by atoms with Crippen LogP contribution < -0.4 is 10.6 Å². The maximum atomic E-state index is 11.7. The van der Waals surface area contributed by atoms with Crippen molar-refractivity contribution in [2.24, 2.45) is 0 Å². The summed E-state index contributed by atoms with van der Waals surface area (Å²) in [6.45, 7) is 3.34. The van der Waals surface area contributed by atoms with Crippen molar-refractivity contribution in [3.8, 4) is 11.5 Å². The molecule has 3 rings (SSSR count). The molecule has 2 aromatic rings. The van der Waals surface area contributed by atoms with Crippen LogP contribution in [0.4, 0.5) is 0 Å². The summed E-state index contributed by atoms with van der Waals surface area (Å²) in [5.41, 5.74) is 1.68. The number of hydrogen-bond acceptors (Lipinski definition) is 6. The minimum Gasteiger partial charge on any atom is -0.353 e. The Morgan fingerprint density at radius 3 is 3.15 bits per heavy atom. The number of carbonyl (C=O) groups is 1. The van der Waals surface area contributed by atoms with Crippen molar-refractivity contribution >= 4 is 5.91 Å². The number of rotatable bonds is 3. The van der Waals surface area contributed by atoms with E-state index in [1.54, 1.807) is 6.20 Å². The Balaban J connectivity index is 1.77. The molecule has 0 bridgehead atoms.